The van der Waals surface area contributed by atoms with Crippen molar-refractivity contribution < 1.29 is 0 Å². The maximum atomic E-state index is 4.29. The summed E-state index contributed by atoms with van der Waals surface area (Å²) in [6.07, 6.45) is 2.47. The number of anilines is 1. The summed E-state index contributed by atoms with van der Waals surface area (Å²) in [4.78, 5) is 0. The van der Waals surface area contributed by atoms with Crippen molar-refractivity contribution in [3.63, 3.8) is 0 Å². The molecule has 0 amide bonds. The second-order valence-corrected chi connectivity index (χ2v) is 5.29. The average Bonchev–Trinajstić information content (AvgIpc) is 3.13. The van der Waals surface area contributed by atoms with Crippen molar-refractivity contribution in [3.8, 4) is 0 Å². The molecule has 20 heavy (non-hydrogen) atoms. The second kappa shape index (κ2) is 4.33. The quantitative estimate of drug-likeness (QED) is 0.760. The minimum absolute atomic E-state index is 0.607. The summed E-state index contributed by atoms with van der Waals surface area (Å²) in [5, 5.41) is 20.3. The van der Waals surface area contributed by atoms with Gasteiger partial charge in [-0.2, -0.15) is 5.10 Å². The molecule has 4 rings (SSSR count). The van der Waals surface area contributed by atoms with Crippen LogP contribution in [-0.4, -0.2) is 25.0 Å². The molecular formula is C14H16N6. The van der Waals surface area contributed by atoms with Crippen molar-refractivity contribution in [1.82, 2.24) is 25.0 Å². The Labute approximate surface area is 116 Å². The van der Waals surface area contributed by atoms with Gasteiger partial charge in [-0.1, -0.05) is 18.2 Å². The van der Waals surface area contributed by atoms with Crippen molar-refractivity contribution in [1.29, 1.82) is 0 Å². The van der Waals surface area contributed by atoms with Crippen molar-refractivity contribution in [2.45, 2.75) is 25.3 Å². The van der Waals surface area contributed by atoms with Crippen LogP contribution < -0.4 is 5.32 Å². The lowest BCUT2D eigenvalue weighted by molar-refractivity contribution is 0.797. The Kier molecular flexibility index (Phi) is 2.48. The summed E-state index contributed by atoms with van der Waals surface area (Å²) in [7, 11) is 2.01. The monoisotopic (exact) mass is 268 g/mol. The first-order valence-corrected chi connectivity index (χ1v) is 6.88. The largest absolute Gasteiger partial charge is 0.349 e. The number of fused-ring (bicyclic) bond motifs is 1. The summed E-state index contributed by atoms with van der Waals surface area (Å²) >= 11 is 0. The smallest absolute Gasteiger partial charge is 0.224 e. The van der Waals surface area contributed by atoms with Crippen molar-refractivity contribution in [2.75, 3.05) is 5.32 Å². The van der Waals surface area contributed by atoms with E-state index in [0.29, 0.717) is 12.5 Å². The Morgan fingerprint density at radius 1 is 1.30 bits per heavy atom. The highest BCUT2D eigenvalue weighted by Crippen LogP contribution is 2.39. The Morgan fingerprint density at radius 2 is 2.15 bits per heavy atom. The number of para-hydroxylation sites is 1. The van der Waals surface area contributed by atoms with Gasteiger partial charge in [0, 0.05) is 18.4 Å². The number of aromatic amines is 1. The van der Waals surface area contributed by atoms with Crippen LogP contribution in [0.1, 0.15) is 30.3 Å². The zero-order chi connectivity index (χ0) is 13.5. The number of aromatic nitrogens is 5. The summed E-state index contributed by atoms with van der Waals surface area (Å²) in [5.41, 5.74) is 2.05. The SMILES string of the molecule is Cn1c(NCc2[nH]nc3ccccc23)nnc1C1CC1. The molecule has 0 atom stereocenters. The number of hydrogen-bond acceptors (Lipinski definition) is 4. The molecule has 2 aromatic heterocycles. The predicted octanol–water partition coefficient (Wildman–Crippen LogP) is 2.18. The molecule has 1 saturated carbocycles. The summed E-state index contributed by atoms with van der Waals surface area (Å²) in [5.74, 6) is 2.50. The van der Waals surface area contributed by atoms with Crippen molar-refractivity contribution >= 4 is 16.9 Å². The van der Waals surface area contributed by atoms with Gasteiger partial charge in [-0.15, -0.1) is 10.2 Å². The highest BCUT2D eigenvalue weighted by molar-refractivity contribution is 5.81. The van der Waals surface area contributed by atoms with E-state index in [1.807, 2.05) is 25.2 Å². The molecule has 0 saturated heterocycles. The van der Waals surface area contributed by atoms with Gasteiger partial charge >= 0.3 is 0 Å². The van der Waals surface area contributed by atoms with E-state index in [1.54, 1.807) is 0 Å². The lowest BCUT2D eigenvalue weighted by Gasteiger charge is -2.05. The molecule has 0 bridgehead atoms. The second-order valence-electron chi connectivity index (χ2n) is 5.29. The minimum atomic E-state index is 0.607. The molecule has 1 aromatic carbocycles. The van der Waals surface area contributed by atoms with Gasteiger partial charge in [0.15, 0.2) is 0 Å². The first-order valence-electron chi connectivity index (χ1n) is 6.88. The topological polar surface area (TPSA) is 71.4 Å². The van der Waals surface area contributed by atoms with Crippen molar-refractivity contribution in [3.05, 3.63) is 35.8 Å². The van der Waals surface area contributed by atoms with Crippen LogP contribution in [0.15, 0.2) is 24.3 Å². The van der Waals surface area contributed by atoms with Gasteiger partial charge in [0.25, 0.3) is 0 Å². The molecule has 6 nitrogen and oxygen atoms in total. The van der Waals surface area contributed by atoms with E-state index >= 15 is 0 Å². The molecule has 0 unspecified atom stereocenters. The molecule has 2 heterocycles. The molecule has 2 N–H and O–H groups in total. The normalized spacial score (nSPS) is 14.8. The maximum Gasteiger partial charge on any atom is 0.224 e. The van der Waals surface area contributed by atoms with Gasteiger partial charge in [0.1, 0.15) is 5.82 Å². The van der Waals surface area contributed by atoms with Crippen LogP contribution >= 0.6 is 0 Å². The van der Waals surface area contributed by atoms with E-state index in [1.165, 1.54) is 12.8 Å². The molecule has 3 aromatic rings. The molecule has 1 fully saturated rings. The fraction of sp³-hybridized carbons (Fsp3) is 0.357. The van der Waals surface area contributed by atoms with E-state index in [9.17, 15) is 0 Å². The van der Waals surface area contributed by atoms with Crippen LogP contribution in [-0.2, 0) is 13.6 Å². The number of hydrogen-bond donors (Lipinski definition) is 2. The van der Waals surface area contributed by atoms with Crippen LogP contribution in [0.25, 0.3) is 10.9 Å². The molecular weight excluding hydrogens is 252 g/mol. The van der Waals surface area contributed by atoms with Crippen LogP contribution in [0.5, 0.6) is 0 Å². The minimum Gasteiger partial charge on any atom is -0.349 e. The van der Waals surface area contributed by atoms with E-state index < -0.39 is 0 Å². The lowest BCUT2D eigenvalue weighted by Crippen LogP contribution is -2.06. The van der Waals surface area contributed by atoms with E-state index in [-0.39, 0.29) is 0 Å². The fourth-order valence-electron chi connectivity index (χ4n) is 2.51. The van der Waals surface area contributed by atoms with E-state index in [2.05, 4.69) is 36.3 Å². The molecule has 0 spiro atoms. The molecule has 0 aliphatic heterocycles. The third kappa shape index (κ3) is 1.84. The zero-order valence-electron chi connectivity index (χ0n) is 11.3. The Bertz CT molecular complexity index is 752. The molecule has 6 heteroatoms. The molecule has 0 radical (unpaired) electrons. The van der Waals surface area contributed by atoms with E-state index in [0.717, 1.165) is 28.4 Å². The Balaban J connectivity index is 1.55. The maximum absolute atomic E-state index is 4.29. The highest BCUT2D eigenvalue weighted by atomic mass is 15.3. The van der Waals surface area contributed by atoms with Crippen LogP contribution in [0, 0.1) is 0 Å². The Morgan fingerprint density at radius 3 is 3.00 bits per heavy atom. The molecule has 1 aliphatic carbocycles. The summed E-state index contributed by atoms with van der Waals surface area (Å²) < 4.78 is 2.05. The molecule has 1 aliphatic rings. The van der Waals surface area contributed by atoms with Gasteiger partial charge in [-0.3, -0.25) is 5.10 Å². The average molecular weight is 268 g/mol. The number of nitrogens with one attached hydrogen (secondary N) is 2. The van der Waals surface area contributed by atoms with Gasteiger partial charge in [0.2, 0.25) is 5.95 Å². The molecule has 102 valence electrons. The lowest BCUT2D eigenvalue weighted by atomic mass is 10.2. The van der Waals surface area contributed by atoms with Gasteiger partial charge in [0.05, 0.1) is 17.8 Å². The predicted molar refractivity (Wildman–Crippen MR) is 76.4 cm³/mol. The van der Waals surface area contributed by atoms with Gasteiger partial charge in [-0.05, 0) is 18.9 Å². The number of H-pyrrole nitrogens is 1. The fourth-order valence-corrected chi connectivity index (χ4v) is 2.51. The number of nitrogens with zero attached hydrogens (tertiary/aromatic N) is 4. The van der Waals surface area contributed by atoms with Gasteiger partial charge < -0.3 is 9.88 Å². The third-order valence-corrected chi connectivity index (χ3v) is 3.81. The first-order chi connectivity index (χ1) is 9.83. The third-order valence-electron chi connectivity index (χ3n) is 3.81. The van der Waals surface area contributed by atoms with Crippen LogP contribution in [0.3, 0.4) is 0 Å². The van der Waals surface area contributed by atoms with Crippen LogP contribution in [0.4, 0.5) is 5.95 Å². The van der Waals surface area contributed by atoms with Gasteiger partial charge in [-0.25, -0.2) is 0 Å². The van der Waals surface area contributed by atoms with Crippen molar-refractivity contribution in [2.24, 2.45) is 7.05 Å². The zero-order valence-corrected chi connectivity index (χ0v) is 11.3. The summed E-state index contributed by atoms with van der Waals surface area (Å²) in [6, 6.07) is 8.09. The standard InChI is InChI=1S/C14H16N6/c1-20-13(9-6-7-9)18-19-14(20)15-8-12-10-4-2-3-5-11(10)16-17-12/h2-5,9H,6-8H2,1H3,(H,15,19)(H,16,17). The summed E-state index contributed by atoms with van der Waals surface area (Å²) in [6.45, 7) is 0.664. The van der Waals surface area contributed by atoms with E-state index in [4.69, 9.17) is 0 Å². The Hall–Kier alpha value is -2.37. The van der Waals surface area contributed by atoms with Crippen LogP contribution in [0.2, 0.25) is 0 Å². The number of benzene rings is 1. The first kappa shape index (κ1) is 11.5. The highest BCUT2D eigenvalue weighted by Gasteiger charge is 2.29. The number of rotatable bonds is 4.